The van der Waals surface area contributed by atoms with E-state index in [1.807, 2.05) is 6.07 Å². The van der Waals surface area contributed by atoms with Crippen molar-refractivity contribution in [1.29, 1.82) is 0 Å². The Morgan fingerprint density at radius 1 is 1.32 bits per heavy atom. The number of rotatable bonds is 6. The van der Waals surface area contributed by atoms with Gasteiger partial charge in [-0.2, -0.15) is 0 Å². The molecule has 6 heteroatoms. The monoisotopic (exact) mass is 283 g/mol. The third kappa shape index (κ3) is 5.21. The van der Waals surface area contributed by atoms with E-state index in [9.17, 15) is 13.8 Å². The van der Waals surface area contributed by atoms with Gasteiger partial charge in [0.15, 0.2) is 0 Å². The van der Waals surface area contributed by atoms with Gasteiger partial charge in [-0.3, -0.25) is 9.00 Å². The Balaban J connectivity index is 2.59. The average Bonchev–Trinajstić information content (AvgIpc) is 2.42. The van der Waals surface area contributed by atoms with Crippen molar-refractivity contribution < 1.29 is 18.5 Å². The van der Waals surface area contributed by atoms with E-state index in [0.717, 1.165) is 0 Å². The summed E-state index contributed by atoms with van der Waals surface area (Å²) >= 11 is 0. The summed E-state index contributed by atoms with van der Waals surface area (Å²) in [7, 11) is 0.0588. The molecule has 0 radical (unpaired) electrons. The number of benzene rings is 1. The van der Waals surface area contributed by atoms with Crippen LogP contribution in [0.25, 0.3) is 0 Å². The molecule has 2 atom stereocenters. The van der Waals surface area contributed by atoms with Crippen LogP contribution in [0.15, 0.2) is 35.2 Å². The van der Waals surface area contributed by atoms with Crippen LogP contribution in [0.3, 0.4) is 0 Å². The summed E-state index contributed by atoms with van der Waals surface area (Å²) in [6.45, 7) is 1.32. The second kappa shape index (κ2) is 7.68. The largest absolute Gasteiger partial charge is 0.467 e. The summed E-state index contributed by atoms with van der Waals surface area (Å²) in [5.41, 5.74) is 0. The summed E-state index contributed by atoms with van der Waals surface area (Å²) in [6, 6.07) is 8.23. The highest BCUT2D eigenvalue weighted by Crippen LogP contribution is 2.08. The Labute approximate surface area is 114 Å². The first-order valence-electron chi connectivity index (χ1n) is 5.83. The molecule has 1 N–H and O–H groups in total. The predicted molar refractivity (Wildman–Crippen MR) is 72.0 cm³/mol. The van der Waals surface area contributed by atoms with Gasteiger partial charge in [0.2, 0.25) is 5.91 Å². The highest BCUT2D eigenvalue weighted by atomic mass is 32.2. The molecule has 0 bridgehead atoms. The minimum Gasteiger partial charge on any atom is -0.467 e. The van der Waals surface area contributed by atoms with Gasteiger partial charge in [0, 0.05) is 17.6 Å². The highest BCUT2D eigenvalue weighted by molar-refractivity contribution is 7.85. The average molecular weight is 283 g/mol. The minimum absolute atomic E-state index is 0.272. The van der Waals surface area contributed by atoms with Crippen LogP contribution >= 0.6 is 0 Å². The van der Waals surface area contributed by atoms with Crippen LogP contribution in [0.5, 0.6) is 0 Å². The molecule has 0 aliphatic rings. The summed E-state index contributed by atoms with van der Waals surface area (Å²) < 4.78 is 16.6. The number of esters is 1. The lowest BCUT2D eigenvalue weighted by molar-refractivity contribution is -0.144. The molecule has 5 nitrogen and oxygen atoms in total. The number of carbonyl (C=O) groups is 2. The standard InChI is InChI=1S/C13H17NO4S/c1-10(15)14-12(13(16)18-2)8-9-19(17)11-6-4-3-5-7-11/h3-7,12H,8-9H2,1-2H3,(H,14,15)/t12-,19+/m0/s1. The minimum atomic E-state index is -1.20. The molecule has 0 saturated heterocycles. The number of methoxy groups -OCH3 is 1. The summed E-state index contributed by atoms with van der Waals surface area (Å²) in [5.74, 6) is -0.564. The van der Waals surface area contributed by atoms with E-state index in [2.05, 4.69) is 10.1 Å². The number of carbonyl (C=O) groups excluding carboxylic acids is 2. The lowest BCUT2D eigenvalue weighted by atomic mass is 10.2. The van der Waals surface area contributed by atoms with Crippen LogP contribution in [0, 0.1) is 0 Å². The second-order valence-electron chi connectivity index (χ2n) is 3.93. The lowest BCUT2D eigenvalue weighted by Crippen LogP contribution is -2.41. The number of hydrogen-bond acceptors (Lipinski definition) is 4. The third-order valence-electron chi connectivity index (χ3n) is 2.46. The maximum absolute atomic E-state index is 12.0. The molecule has 0 unspecified atom stereocenters. The van der Waals surface area contributed by atoms with E-state index in [1.54, 1.807) is 24.3 Å². The zero-order valence-electron chi connectivity index (χ0n) is 10.9. The van der Waals surface area contributed by atoms with Crippen LogP contribution in [0.1, 0.15) is 13.3 Å². The molecule has 0 aromatic heterocycles. The molecule has 1 rings (SSSR count). The van der Waals surface area contributed by atoms with Crippen molar-refractivity contribution in [3.05, 3.63) is 30.3 Å². The molecule has 1 aromatic rings. The molecular weight excluding hydrogens is 266 g/mol. The molecule has 1 aromatic carbocycles. The van der Waals surface area contributed by atoms with Gasteiger partial charge in [0.1, 0.15) is 6.04 Å². The fourth-order valence-corrected chi connectivity index (χ4v) is 2.70. The molecular formula is C13H17NO4S. The van der Waals surface area contributed by atoms with Gasteiger partial charge >= 0.3 is 5.97 Å². The van der Waals surface area contributed by atoms with Crippen molar-refractivity contribution in [3.8, 4) is 0 Å². The number of ether oxygens (including phenoxy) is 1. The molecule has 0 saturated carbocycles. The molecule has 0 aliphatic heterocycles. The fraction of sp³-hybridized carbons (Fsp3) is 0.385. The van der Waals surface area contributed by atoms with Crippen LogP contribution < -0.4 is 5.32 Å². The number of nitrogens with one attached hydrogen (secondary N) is 1. The smallest absolute Gasteiger partial charge is 0.328 e. The molecule has 1 amide bonds. The molecule has 19 heavy (non-hydrogen) atoms. The zero-order valence-corrected chi connectivity index (χ0v) is 11.7. The number of hydrogen-bond donors (Lipinski definition) is 1. The third-order valence-corrected chi connectivity index (χ3v) is 3.87. The van der Waals surface area contributed by atoms with Crippen molar-refractivity contribution >= 4 is 22.7 Å². The topological polar surface area (TPSA) is 72.5 Å². The van der Waals surface area contributed by atoms with Gasteiger partial charge in [-0.15, -0.1) is 0 Å². The molecule has 0 spiro atoms. The molecule has 0 heterocycles. The van der Waals surface area contributed by atoms with E-state index in [1.165, 1.54) is 14.0 Å². The zero-order chi connectivity index (χ0) is 14.3. The van der Waals surface area contributed by atoms with Crippen molar-refractivity contribution in [2.24, 2.45) is 0 Å². The van der Waals surface area contributed by atoms with E-state index in [-0.39, 0.29) is 18.1 Å². The number of amides is 1. The van der Waals surface area contributed by atoms with Gasteiger partial charge in [-0.1, -0.05) is 18.2 Å². The Kier molecular flexibility index (Phi) is 6.21. The summed E-state index contributed by atoms with van der Waals surface area (Å²) in [6.07, 6.45) is 0.272. The SMILES string of the molecule is COC(=O)[C@H](CC[S@@](=O)c1ccccc1)NC(C)=O. The van der Waals surface area contributed by atoms with Gasteiger partial charge in [-0.25, -0.2) is 4.79 Å². The van der Waals surface area contributed by atoms with Gasteiger partial charge in [0.25, 0.3) is 0 Å². The second-order valence-corrected chi connectivity index (χ2v) is 5.50. The van der Waals surface area contributed by atoms with Crippen LogP contribution in [0.2, 0.25) is 0 Å². The van der Waals surface area contributed by atoms with Gasteiger partial charge < -0.3 is 10.1 Å². The lowest BCUT2D eigenvalue weighted by Gasteiger charge is -2.14. The molecule has 104 valence electrons. The van der Waals surface area contributed by atoms with E-state index in [4.69, 9.17) is 0 Å². The summed E-state index contributed by atoms with van der Waals surface area (Å²) in [5, 5.41) is 2.49. The van der Waals surface area contributed by atoms with E-state index in [0.29, 0.717) is 4.90 Å². The normalized spacial score (nSPS) is 13.4. The van der Waals surface area contributed by atoms with Crippen molar-refractivity contribution in [3.63, 3.8) is 0 Å². The molecule has 0 aliphatic carbocycles. The van der Waals surface area contributed by atoms with Gasteiger partial charge in [0.05, 0.1) is 17.9 Å². The molecule has 0 fully saturated rings. The Morgan fingerprint density at radius 2 is 1.95 bits per heavy atom. The quantitative estimate of drug-likeness (QED) is 0.786. The van der Waals surface area contributed by atoms with Crippen molar-refractivity contribution in [2.45, 2.75) is 24.3 Å². The first kappa shape index (κ1) is 15.4. The van der Waals surface area contributed by atoms with Crippen molar-refractivity contribution in [1.82, 2.24) is 5.32 Å². The maximum Gasteiger partial charge on any atom is 0.328 e. The van der Waals surface area contributed by atoms with E-state index < -0.39 is 22.8 Å². The maximum atomic E-state index is 12.0. The van der Waals surface area contributed by atoms with Crippen LogP contribution in [-0.2, 0) is 25.1 Å². The highest BCUT2D eigenvalue weighted by Gasteiger charge is 2.20. The summed E-state index contributed by atoms with van der Waals surface area (Å²) in [4.78, 5) is 23.2. The predicted octanol–water partition coefficient (Wildman–Crippen LogP) is 0.862. The first-order chi connectivity index (χ1) is 9.04. The van der Waals surface area contributed by atoms with Crippen LogP contribution in [-0.4, -0.2) is 35.0 Å². The fourth-order valence-electron chi connectivity index (χ4n) is 1.55. The Bertz CT molecular complexity index is 461. The Hall–Kier alpha value is -1.69. The van der Waals surface area contributed by atoms with E-state index >= 15 is 0 Å². The van der Waals surface area contributed by atoms with Gasteiger partial charge in [-0.05, 0) is 18.6 Å². The Morgan fingerprint density at radius 3 is 2.47 bits per heavy atom. The van der Waals surface area contributed by atoms with Crippen molar-refractivity contribution in [2.75, 3.05) is 12.9 Å². The first-order valence-corrected chi connectivity index (χ1v) is 7.15. The van der Waals surface area contributed by atoms with Crippen LogP contribution in [0.4, 0.5) is 0 Å².